The van der Waals surface area contributed by atoms with Gasteiger partial charge in [-0.15, -0.1) is 0 Å². The van der Waals surface area contributed by atoms with Gasteiger partial charge in [-0.1, -0.05) is 13.0 Å². The van der Waals surface area contributed by atoms with Gasteiger partial charge in [0, 0.05) is 55.5 Å². The number of benzene rings is 2. The number of hydrogen-bond donors (Lipinski definition) is 1. The van der Waals surface area contributed by atoms with Gasteiger partial charge < -0.3 is 15.4 Å². The van der Waals surface area contributed by atoms with Crippen LogP contribution in [0.1, 0.15) is 40.4 Å². The fourth-order valence-corrected chi connectivity index (χ4v) is 4.39. The number of aryl methyl sites for hydroxylation is 1. The highest BCUT2D eigenvalue weighted by Gasteiger charge is 2.32. The van der Waals surface area contributed by atoms with Gasteiger partial charge in [-0.3, -0.25) is 9.48 Å². The Labute approximate surface area is 192 Å². The van der Waals surface area contributed by atoms with Crippen molar-refractivity contribution in [2.75, 3.05) is 13.2 Å². The minimum atomic E-state index is -0.642. The maximum absolute atomic E-state index is 13.6. The number of carbonyl (C=O) groups is 1. The van der Waals surface area contributed by atoms with Crippen molar-refractivity contribution in [1.82, 2.24) is 14.7 Å². The van der Waals surface area contributed by atoms with E-state index in [9.17, 15) is 13.6 Å². The molecule has 0 radical (unpaired) electrons. The lowest BCUT2D eigenvalue weighted by molar-refractivity contribution is 0.0708. The van der Waals surface area contributed by atoms with Gasteiger partial charge in [-0.2, -0.15) is 5.10 Å². The van der Waals surface area contributed by atoms with Crippen LogP contribution in [0.3, 0.4) is 0 Å². The van der Waals surface area contributed by atoms with E-state index in [2.05, 4.69) is 12.0 Å². The largest absolute Gasteiger partial charge is 0.377 e. The Hall–Kier alpha value is -3.10. The van der Waals surface area contributed by atoms with Gasteiger partial charge in [0.1, 0.15) is 11.6 Å². The summed E-state index contributed by atoms with van der Waals surface area (Å²) in [6.07, 6.45) is 3.02. The summed E-state index contributed by atoms with van der Waals surface area (Å²) in [5.74, 6) is -1.41. The lowest BCUT2D eigenvalue weighted by Gasteiger charge is -2.26. The Morgan fingerprint density at radius 3 is 2.64 bits per heavy atom. The number of ether oxygens (including phenoxy) is 1. The second-order valence-corrected chi connectivity index (χ2v) is 8.37. The van der Waals surface area contributed by atoms with Crippen LogP contribution in [0.25, 0.3) is 11.3 Å². The SMILES string of the molecule is CCCOCc1cnn(C)c1-c1ccc2c(c1)CN([C@H](CN)Cc1cc(F)cc(F)c1)C2=O. The van der Waals surface area contributed by atoms with E-state index in [1.165, 1.54) is 12.1 Å². The zero-order valence-electron chi connectivity index (χ0n) is 18.9. The van der Waals surface area contributed by atoms with Crippen molar-refractivity contribution < 1.29 is 18.3 Å². The molecule has 0 unspecified atom stereocenters. The molecular weight excluding hydrogens is 426 g/mol. The van der Waals surface area contributed by atoms with Gasteiger partial charge in [0.05, 0.1) is 18.5 Å². The number of fused-ring (bicyclic) bond motifs is 1. The monoisotopic (exact) mass is 454 g/mol. The van der Waals surface area contributed by atoms with Gasteiger partial charge in [0.2, 0.25) is 0 Å². The molecule has 0 aliphatic carbocycles. The third kappa shape index (κ3) is 4.82. The number of halogens is 2. The predicted molar refractivity (Wildman–Crippen MR) is 121 cm³/mol. The second-order valence-electron chi connectivity index (χ2n) is 8.37. The molecule has 1 aromatic heterocycles. The molecule has 0 fully saturated rings. The van der Waals surface area contributed by atoms with Crippen molar-refractivity contribution in [1.29, 1.82) is 0 Å². The summed E-state index contributed by atoms with van der Waals surface area (Å²) >= 11 is 0. The summed E-state index contributed by atoms with van der Waals surface area (Å²) in [5, 5.41) is 4.38. The molecule has 6 nitrogen and oxygen atoms in total. The first-order chi connectivity index (χ1) is 15.9. The lowest BCUT2D eigenvalue weighted by Crippen LogP contribution is -2.42. The Morgan fingerprint density at radius 1 is 1.18 bits per heavy atom. The quantitative estimate of drug-likeness (QED) is 0.499. The van der Waals surface area contributed by atoms with Crippen molar-refractivity contribution in [3.8, 4) is 11.3 Å². The molecular formula is C25H28F2N4O2. The first-order valence-corrected chi connectivity index (χ1v) is 11.1. The maximum Gasteiger partial charge on any atom is 0.254 e. The van der Waals surface area contributed by atoms with E-state index in [4.69, 9.17) is 10.5 Å². The maximum atomic E-state index is 13.6. The average molecular weight is 455 g/mol. The summed E-state index contributed by atoms with van der Waals surface area (Å²) in [7, 11) is 1.88. The topological polar surface area (TPSA) is 73.4 Å². The minimum Gasteiger partial charge on any atom is -0.377 e. The fraction of sp³-hybridized carbons (Fsp3) is 0.360. The van der Waals surface area contributed by atoms with Crippen LogP contribution in [0.4, 0.5) is 8.78 Å². The second kappa shape index (κ2) is 9.80. The van der Waals surface area contributed by atoms with E-state index >= 15 is 0 Å². The van der Waals surface area contributed by atoms with E-state index in [1.807, 2.05) is 29.9 Å². The van der Waals surface area contributed by atoms with E-state index in [0.29, 0.717) is 30.9 Å². The standard InChI is InChI=1S/C25H28F2N4O2/c1-3-6-33-15-19-13-29-30(2)24(19)17-4-5-23-18(10-17)14-31(25(23)32)22(12-28)9-16-7-20(26)11-21(27)8-16/h4-5,7-8,10-11,13,22H,3,6,9,12,14-15,28H2,1-2H3/t22-/m0/s1. The van der Waals surface area contributed by atoms with Crippen molar-refractivity contribution in [2.24, 2.45) is 12.8 Å². The molecule has 2 aromatic carbocycles. The summed E-state index contributed by atoms with van der Waals surface area (Å²) in [6, 6.07) is 8.77. The van der Waals surface area contributed by atoms with E-state index in [0.717, 1.165) is 34.9 Å². The van der Waals surface area contributed by atoms with Crippen molar-refractivity contribution in [3.05, 3.63) is 76.5 Å². The molecule has 0 spiro atoms. The number of rotatable bonds is 9. The minimum absolute atomic E-state index is 0.125. The molecule has 8 heteroatoms. The molecule has 0 bridgehead atoms. The molecule has 33 heavy (non-hydrogen) atoms. The Balaban J connectivity index is 1.57. The molecule has 3 aromatic rings. The van der Waals surface area contributed by atoms with Crippen LogP contribution in [0, 0.1) is 11.6 Å². The smallest absolute Gasteiger partial charge is 0.254 e. The highest BCUT2D eigenvalue weighted by atomic mass is 19.1. The number of nitrogens with two attached hydrogens (primary N) is 1. The highest BCUT2D eigenvalue weighted by Crippen LogP contribution is 2.32. The summed E-state index contributed by atoms with van der Waals surface area (Å²) in [6.45, 7) is 3.79. The molecule has 2 heterocycles. The highest BCUT2D eigenvalue weighted by molar-refractivity contribution is 5.99. The van der Waals surface area contributed by atoms with E-state index in [-0.39, 0.29) is 24.9 Å². The molecule has 0 saturated heterocycles. The predicted octanol–water partition coefficient (Wildman–Crippen LogP) is 3.82. The molecule has 1 amide bonds. The van der Waals surface area contributed by atoms with Crippen LogP contribution in [0.15, 0.2) is 42.6 Å². The van der Waals surface area contributed by atoms with Gasteiger partial charge >= 0.3 is 0 Å². The molecule has 174 valence electrons. The van der Waals surface area contributed by atoms with Gasteiger partial charge in [0.15, 0.2) is 0 Å². The molecule has 2 N–H and O–H groups in total. The van der Waals surface area contributed by atoms with E-state index in [1.54, 1.807) is 11.1 Å². The molecule has 1 atom stereocenters. The van der Waals surface area contributed by atoms with Crippen LogP contribution in [0.2, 0.25) is 0 Å². The van der Waals surface area contributed by atoms with Crippen molar-refractivity contribution in [3.63, 3.8) is 0 Å². The van der Waals surface area contributed by atoms with Crippen LogP contribution < -0.4 is 5.73 Å². The molecule has 4 rings (SSSR count). The van der Waals surface area contributed by atoms with Gasteiger partial charge in [-0.05, 0) is 48.2 Å². The summed E-state index contributed by atoms with van der Waals surface area (Å²) < 4.78 is 34.8. The summed E-state index contributed by atoms with van der Waals surface area (Å²) in [5.41, 5.74) is 10.8. The number of amides is 1. The zero-order valence-corrected chi connectivity index (χ0v) is 18.9. The van der Waals surface area contributed by atoms with Crippen LogP contribution >= 0.6 is 0 Å². The van der Waals surface area contributed by atoms with Crippen LogP contribution in [-0.4, -0.2) is 39.8 Å². The normalized spacial score (nSPS) is 14.1. The lowest BCUT2D eigenvalue weighted by atomic mass is 10.0. The molecule has 0 saturated carbocycles. The number of aromatic nitrogens is 2. The van der Waals surface area contributed by atoms with Gasteiger partial charge in [0.25, 0.3) is 5.91 Å². The number of hydrogen-bond acceptors (Lipinski definition) is 4. The van der Waals surface area contributed by atoms with Crippen molar-refractivity contribution >= 4 is 5.91 Å². The van der Waals surface area contributed by atoms with E-state index < -0.39 is 11.6 Å². The molecule has 1 aliphatic heterocycles. The summed E-state index contributed by atoms with van der Waals surface area (Å²) in [4.78, 5) is 14.8. The first-order valence-electron chi connectivity index (χ1n) is 11.1. The fourth-order valence-electron chi connectivity index (χ4n) is 4.39. The van der Waals surface area contributed by atoms with Crippen LogP contribution in [0.5, 0.6) is 0 Å². The Kier molecular flexibility index (Phi) is 6.85. The third-order valence-corrected chi connectivity index (χ3v) is 5.94. The van der Waals surface area contributed by atoms with Crippen molar-refractivity contribution in [2.45, 2.75) is 39.0 Å². The average Bonchev–Trinajstić information content (AvgIpc) is 3.31. The number of nitrogens with zero attached hydrogens (tertiary/aromatic N) is 3. The first kappa shape index (κ1) is 23.1. The molecule has 1 aliphatic rings. The van der Waals surface area contributed by atoms with Gasteiger partial charge in [-0.25, -0.2) is 8.78 Å². The number of carbonyl (C=O) groups excluding carboxylic acids is 1. The Bertz CT molecular complexity index is 1140. The van der Waals surface area contributed by atoms with Crippen LogP contribution in [-0.2, 0) is 31.4 Å². The zero-order chi connectivity index (χ0) is 23.5. The Morgan fingerprint density at radius 2 is 1.94 bits per heavy atom. The third-order valence-electron chi connectivity index (χ3n) is 5.94.